The Balaban J connectivity index is 2.50. The minimum Gasteiger partial charge on any atom is -0.399 e. The van der Waals surface area contributed by atoms with E-state index in [1.807, 2.05) is 0 Å². The molecule has 0 atom stereocenters. The molecule has 104 valence electrons. The van der Waals surface area contributed by atoms with Crippen LogP contribution >= 0.6 is 34.8 Å². The topological polar surface area (TPSA) is 81.2 Å². The monoisotopic (exact) mass is 331 g/mol. The van der Waals surface area contributed by atoms with Crippen LogP contribution < -0.4 is 11.1 Å². The van der Waals surface area contributed by atoms with Crippen molar-refractivity contribution in [1.82, 2.24) is 0 Å². The van der Waals surface area contributed by atoms with Crippen molar-refractivity contribution in [2.45, 2.75) is 0 Å². The fourth-order valence-electron chi connectivity index (χ4n) is 1.57. The maximum atomic E-state index is 11.0. The van der Waals surface area contributed by atoms with E-state index in [-0.39, 0.29) is 21.4 Å². The zero-order valence-corrected chi connectivity index (χ0v) is 12.1. The fraction of sp³-hybridized carbons (Fsp3) is 0. The molecule has 0 spiro atoms. The van der Waals surface area contributed by atoms with Crippen molar-refractivity contribution in [3.05, 3.63) is 55.5 Å². The van der Waals surface area contributed by atoms with E-state index in [9.17, 15) is 10.1 Å². The number of benzene rings is 2. The predicted octanol–water partition coefficient (Wildman–Crippen LogP) is 4.88. The Kier molecular flexibility index (Phi) is 4.23. The van der Waals surface area contributed by atoms with Gasteiger partial charge in [0.05, 0.1) is 25.7 Å². The van der Waals surface area contributed by atoms with E-state index in [1.54, 1.807) is 18.2 Å². The standard InChI is InChI=1S/C12H8Cl3N3O2/c13-7-2-1-6(16)3-10(7)17-11-4-8(14)9(15)5-12(11)18(19)20/h1-5,17H,16H2. The Hall–Kier alpha value is -1.69. The summed E-state index contributed by atoms with van der Waals surface area (Å²) in [6.45, 7) is 0. The first-order chi connectivity index (χ1) is 9.38. The third-order valence-electron chi connectivity index (χ3n) is 2.50. The Morgan fingerprint density at radius 1 is 1.00 bits per heavy atom. The van der Waals surface area contributed by atoms with Gasteiger partial charge in [-0.05, 0) is 24.3 Å². The predicted molar refractivity (Wildman–Crippen MR) is 82.3 cm³/mol. The Bertz CT molecular complexity index is 692. The summed E-state index contributed by atoms with van der Waals surface area (Å²) in [5, 5.41) is 14.5. The number of hydrogen-bond donors (Lipinski definition) is 2. The number of nitrogen functional groups attached to an aromatic ring is 1. The molecule has 5 nitrogen and oxygen atoms in total. The number of nitrogens with zero attached hydrogens (tertiary/aromatic N) is 1. The second kappa shape index (κ2) is 5.75. The van der Waals surface area contributed by atoms with E-state index in [0.29, 0.717) is 16.4 Å². The van der Waals surface area contributed by atoms with Crippen molar-refractivity contribution in [1.29, 1.82) is 0 Å². The molecule has 3 N–H and O–H groups in total. The SMILES string of the molecule is Nc1ccc(Cl)c(Nc2cc(Cl)c(Cl)cc2[N+](=O)[O-])c1. The fourth-order valence-corrected chi connectivity index (χ4v) is 2.06. The molecular weight excluding hydrogens is 325 g/mol. The third kappa shape index (κ3) is 3.07. The highest BCUT2D eigenvalue weighted by molar-refractivity contribution is 6.42. The van der Waals surface area contributed by atoms with Crippen molar-refractivity contribution in [2.24, 2.45) is 0 Å². The highest BCUT2D eigenvalue weighted by Crippen LogP contribution is 2.37. The number of nitro groups is 1. The van der Waals surface area contributed by atoms with Gasteiger partial charge in [-0.25, -0.2) is 0 Å². The largest absolute Gasteiger partial charge is 0.399 e. The van der Waals surface area contributed by atoms with Crippen LogP contribution in [0.5, 0.6) is 0 Å². The number of hydrogen-bond acceptors (Lipinski definition) is 4. The third-order valence-corrected chi connectivity index (χ3v) is 3.55. The summed E-state index contributed by atoms with van der Waals surface area (Å²) in [4.78, 5) is 10.5. The van der Waals surface area contributed by atoms with Crippen molar-refractivity contribution in [3.63, 3.8) is 0 Å². The van der Waals surface area contributed by atoms with Crippen LogP contribution in [0.1, 0.15) is 0 Å². The van der Waals surface area contributed by atoms with Crippen LogP contribution in [0.2, 0.25) is 15.1 Å². The van der Waals surface area contributed by atoms with Gasteiger partial charge in [-0.15, -0.1) is 0 Å². The molecule has 0 heterocycles. The van der Waals surface area contributed by atoms with Gasteiger partial charge in [0.25, 0.3) is 5.69 Å². The lowest BCUT2D eigenvalue weighted by molar-refractivity contribution is -0.383. The molecule has 0 aliphatic carbocycles. The van der Waals surface area contributed by atoms with E-state index >= 15 is 0 Å². The smallest absolute Gasteiger partial charge is 0.294 e. The molecule has 0 bridgehead atoms. The van der Waals surface area contributed by atoms with Gasteiger partial charge in [0, 0.05) is 11.8 Å². The van der Waals surface area contributed by atoms with Gasteiger partial charge in [-0.1, -0.05) is 34.8 Å². The molecule has 2 aromatic carbocycles. The van der Waals surface area contributed by atoms with Crippen LogP contribution in [0.25, 0.3) is 0 Å². The zero-order chi connectivity index (χ0) is 14.9. The molecular formula is C12H8Cl3N3O2. The normalized spacial score (nSPS) is 10.3. The van der Waals surface area contributed by atoms with E-state index in [1.165, 1.54) is 12.1 Å². The Morgan fingerprint density at radius 3 is 2.30 bits per heavy atom. The van der Waals surface area contributed by atoms with Gasteiger partial charge in [0.1, 0.15) is 5.69 Å². The van der Waals surface area contributed by atoms with Gasteiger partial charge in [-0.3, -0.25) is 10.1 Å². The molecule has 0 unspecified atom stereocenters. The minimum absolute atomic E-state index is 0.0996. The number of nitrogens with two attached hydrogens (primary N) is 1. The van der Waals surface area contributed by atoms with Gasteiger partial charge < -0.3 is 11.1 Å². The number of nitrogens with one attached hydrogen (secondary N) is 1. The van der Waals surface area contributed by atoms with Gasteiger partial charge >= 0.3 is 0 Å². The van der Waals surface area contributed by atoms with E-state index in [2.05, 4.69) is 5.32 Å². The molecule has 2 aromatic rings. The molecule has 20 heavy (non-hydrogen) atoms. The number of rotatable bonds is 3. The van der Waals surface area contributed by atoms with Crippen molar-refractivity contribution in [3.8, 4) is 0 Å². The van der Waals surface area contributed by atoms with E-state index < -0.39 is 4.92 Å². The first-order valence-corrected chi connectivity index (χ1v) is 6.47. The number of anilines is 3. The lowest BCUT2D eigenvalue weighted by Crippen LogP contribution is -1.98. The molecule has 0 saturated heterocycles. The highest BCUT2D eigenvalue weighted by Gasteiger charge is 2.18. The van der Waals surface area contributed by atoms with Crippen LogP contribution in [-0.2, 0) is 0 Å². The van der Waals surface area contributed by atoms with Crippen molar-refractivity contribution < 1.29 is 4.92 Å². The van der Waals surface area contributed by atoms with E-state index in [4.69, 9.17) is 40.5 Å². The van der Waals surface area contributed by atoms with E-state index in [0.717, 1.165) is 0 Å². The maximum absolute atomic E-state index is 11.0. The lowest BCUT2D eigenvalue weighted by atomic mass is 10.2. The molecule has 0 aliphatic heterocycles. The van der Waals surface area contributed by atoms with Gasteiger partial charge in [0.15, 0.2) is 0 Å². The maximum Gasteiger partial charge on any atom is 0.294 e. The average Bonchev–Trinajstić information content (AvgIpc) is 2.37. The molecule has 0 aliphatic rings. The molecule has 0 fully saturated rings. The molecule has 0 aromatic heterocycles. The second-order valence-corrected chi connectivity index (χ2v) is 5.13. The van der Waals surface area contributed by atoms with Crippen LogP contribution in [0, 0.1) is 10.1 Å². The van der Waals surface area contributed by atoms with Crippen LogP contribution in [-0.4, -0.2) is 4.92 Å². The molecule has 0 amide bonds. The van der Waals surface area contributed by atoms with Gasteiger partial charge in [0.2, 0.25) is 0 Å². The summed E-state index contributed by atoms with van der Waals surface area (Å²) in [7, 11) is 0. The second-order valence-electron chi connectivity index (χ2n) is 3.90. The molecule has 2 rings (SSSR count). The number of halogens is 3. The minimum atomic E-state index is -0.565. The van der Waals surface area contributed by atoms with Crippen molar-refractivity contribution in [2.75, 3.05) is 11.1 Å². The van der Waals surface area contributed by atoms with Crippen molar-refractivity contribution >= 4 is 57.6 Å². The summed E-state index contributed by atoms with van der Waals surface area (Å²) >= 11 is 17.7. The molecule has 0 radical (unpaired) electrons. The number of nitro benzene ring substituents is 1. The average molecular weight is 333 g/mol. The first-order valence-electron chi connectivity index (χ1n) is 5.34. The Labute approximate surface area is 129 Å². The summed E-state index contributed by atoms with van der Waals surface area (Å²) in [6.07, 6.45) is 0. The first kappa shape index (κ1) is 14.7. The van der Waals surface area contributed by atoms with Crippen LogP contribution in [0.3, 0.4) is 0 Å². The highest BCUT2D eigenvalue weighted by atomic mass is 35.5. The van der Waals surface area contributed by atoms with Crippen LogP contribution in [0.4, 0.5) is 22.7 Å². The summed E-state index contributed by atoms with van der Waals surface area (Å²) < 4.78 is 0. The Morgan fingerprint density at radius 2 is 1.65 bits per heavy atom. The lowest BCUT2D eigenvalue weighted by Gasteiger charge is -2.10. The molecule has 0 saturated carbocycles. The summed E-state index contributed by atoms with van der Waals surface area (Å²) in [5.74, 6) is 0. The zero-order valence-electron chi connectivity index (χ0n) is 9.86. The van der Waals surface area contributed by atoms with Crippen LogP contribution in [0.15, 0.2) is 30.3 Å². The van der Waals surface area contributed by atoms with Gasteiger partial charge in [-0.2, -0.15) is 0 Å². The molecule has 8 heteroatoms. The summed E-state index contributed by atoms with van der Waals surface area (Å²) in [6, 6.07) is 7.31. The summed E-state index contributed by atoms with van der Waals surface area (Å²) in [5.41, 5.74) is 6.53. The quantitative estimate of drug-likeness (QED) is 0.477.